The van der Waals surface area contributed by atoms with Gasteiger partial charge < -0.3 is 15.5 Å². The largest absolute Gasteiger partial charge is 0.371 e. The van der Waals surface area contributed by atoms with Crippen molar-refractivity contribution in [2.24, 2.45) is 0 Å². The summed E-state index contributed by atoms with van der Waals surface area (Å²) < 4.78 is 0. The molecule has 0 aromatic heterocycles. The average Bonchev–Trinajstić information content (AvgIpc) is 2.89. The Kier molecular flexibility index (Phi) is 7.63. The third kappa shape index (κ3) is 5.66. The summed E-state index contributed by atoms with van der Waals surface area (Å²) >= 11 is 0. The molecule has 1 saturated heterocycles. The Balaban J connectivity index is 1.54. The van der Waals surface area contributed by atoms with Crippen LogP contribution in [0.4, 0.5) is 11.4 Å². The highest BCUT2D eigenvalue weighted by molar-refractivity contribution is 6.06. The Labute approximate surface area is 202 Å². The van der Waals surface area contributed by atoms with Crippen LogP contribution >= 0.6 is 0 Å². The van der Waals surface area contributed by atoms with Crippen molar-refractivity contribution in [1.29, 1.82) is 0 Å². The number of nitrogens with one attached hydrogen (secondary N) is 2. The van der Waals surface area contributed by atoms with Crippen molar-refractivity contribution in [1.82, 2.24) is 5.32 Å². The van der Waals surface area contributed by atoms with Crippen molar-refractivity contribution in [2.75, 3.05) is 23.3 Å². The lowest BCUT2D eigenvalue weighted by atomic mass is 10.0. The summed E-state index contributed by atoms with van der Waals surface area (Å²) in [5.74, 6) is -0.295. The Morgan fingerprint density at radius 2 is 1.53 bits per heavy atom. The SMILES string of the molecule is CC[C@H](C)NC(=O)c1cc(NC(=O)c2ccc(-c3ccccc3)cc2)ccc1N1CCCCC1. The molecule has 3 aromatic rings. The number of benzene rings is 3. The van der Waals surface area contributed by atoms with Gasteiger partial charge in [-0.15, -0.1) is 0 Å². The molecule has 5 nitrogen and oxygen atoms in total. The molecule has 4 rings (SSSR count). The maximum absolute atomic E-state index is 13.1. The summed E-state index contributed by atoms with van der Waals surface area (Å²) in [6, 6.07) is 23.4. The molecule has 1 aliphatic heterocycles. The van der Waals surface area contributed by atoms with E-state index >= 15 is 0 Å². The first kappa shape index (κ1) is 23.6. The van der Waals surface area contributed by atoms with Crippen molar-refractivity contribution in [3.63, 3.8) is 0 Å². The molecule has 1 fully saturated rings. The number of piperidine rings is 1. The van der Waals surface area contributed by atoms with E-state index in [0.717, 1.165) is 49.2 Å². The normalized spacial score (nSPS) is 14.4. The van der Waals surface area contributed by atoms with Gasteiger partial charge in [0.05, 0.1) is 5.56 Å². The van der Waals surface area contributed by atoms with Crippen molar-refractivity contribution in [3.8, 4) is 11.1 Å². The van der Waals surface area contributed by atoms with Gasteiger partial charge >= 0.3 is 0 Å². The molecule has 0 spiro atoms. The fourth-order valence-corrected chi connectivity index (χ4v) is 4.26. The average molecular weight is 456 g/mol. The Bertz CT molecular complexity index is 1120. The van der Waals surface area contributed by atoms with Gasteiger partial charge in [-0.05, 0) is 74.1 Å². The smallest absolute Gasteiger partial charge is 0.255 e. The zero-order valence-electron chi connectivity index (χ0n) is 20.0. The predicted molar refractivity (Wildman–Crippen MR) is 140 cm³/mol. The van der Waals surface area contributed by atoms with Crippen LogP contribution in [-0.2, 0) is 0 Å². The van der Waals surface area contributed by atoms with E-state index in [1.54, 1.807) is 6.07 Å². The van der Waals surface area contributed by atoms with Crippen LogP contribution in [0.5, 0.6) is 0 Å². The van der Waals surface area contributed by atoms with Crippen LogP contribution in [0.25, 0.3) is 11.1 Å². The molecule has 0 bridgehead atoms. The number of anilines is 2. The van der Waals surface area contributed by atoms with Crippen LogP contribution in [-0.4, -0.2) is 30.9 Å². The van der Waals surface area contributed by atoms with E-state index in [9.17, 15) is 9.59 Å². The van der Waals surface area contributed by atoms with E-state index in [2.05, 4.69) is 22.5 Å². The van der Waals surface area contributed by atoms with Crippen LogP contribution in [0.3, 0.4) is 0 Å². The minimum atomic E-state index is -0.196. The van der Waals surface area contributed by atoms with Crippen molar-refractivity contribution < 1.29 is 9.59 Å². The van der Waals surface area contributed by atoms with Crippen molar-refractivity contribution >= 4 is 23.2 Å². The van der Waals surface area contributed by atoms with E-state index in [-0.39, 0.29) is 17.9 Å². The van der Waals surface area contributed by atoms with Gasteiger partial charge in [0.2, 0.25) is 0 Å². The molecule has 1 atom stereocenters. The third-order valence-corrected chi connectivity index (χ3v) is 6.44. The van der Waals surface area contributed by atoms with Gasteiger partial charge in [0, 0.05) is 36.1 Å². The number of hydrogen-bond acceptors (Lipinski definition) is 3. The molecule has 0 aliphatic carbocycles. The number of rotatable bonds is 7. The summed E-state index contributed by atoms with van der Waals surface area (Å²) in [5, 5.41) is 6.05. The van der Waals surface area contributed by atoms with Crippen LogP contribution in [0.2, 0.25) is 0 Å². The number of nitrogens with zero attached hydrogens (tertiary/aromatic N) is 1. The number of carbonyl (C=O) groups is 2. The molecule has 5 heteroatoms. The van der Waals surface area contributed by atoms with Gasteiger partial charge in [-0.2, -0.15) is 0 Å². The first-order chi connectivity index (χ1) is 16.5. The fourth-order valence-electron chi connectivity index (χ4n) is 4.26. The van der Waals surface area contributed by atoms with Crippen LogP contribution in [0, 0.1) is 0 Å². The minimum Gasteiger partial charge on any atom is -0.371 e. The molecule has 1 aliphatic rings. The highest BCUT2D eigenvalue weighted by atomic mass is 16.2. The van der Waals surface area contributed by atoms with Crippen molar-refractivity contribution in [3.05, 3.63) is 83.9 Å². The van der Waals surface area contributed by atoms with Gasteiger partial charge in [0.25, 0.3) is 11.8 Å². The molecule has 34 heavy (non-hydrogen) atoms. The Morgan fingerprint density at radius 1 is 0.853 bits per heavy atom. The molecule has 0 radical (unpaired) electrons. The summed E-state index contributed by atoms with van der Waals surface area (Å²) in [4.78, 5) is 28.3. The van der Waals surface area contributed by atoms with E-state index in [1.807, 2.05) is 73.7 Å². The molecule has 0 saturated carbocycles. The van der Waals surface area contributed by atoms with Crippen LogP contribution in [0.15, 0.2) is 72.8 Å². The van der Waals surface area contributed by atoms with E-state index in [4.69, 9.17) is 0 Å². The lowest BCUT2D eigenvalue weighted by molar-refractivity contribution is 0.0938. The Morgan fingerprint density at radius 3 is 2.21 bits per heavy atom. The highest BCUT2D eigenvalue weighted by Crippen LogP contribution is 2.28. The van der Waals surface area contributed by atoms with Gasteiger partial charge in [-0.1, -0.05) is 49.4 Å². The molecule has 0 unspecified atom stereocenters. The number of hydrogen-bond donors (Lipinski definition) is 2. The number of carbonyl (C=O) groups excluding carboxylic acids is 2. The molecule has 2 amide bonds. The van der Waals surface area contributed by atoms with Gasteiger partial charge in [0.1, 0.15) is 0 Å². The van der Waals surface area contributed by atoms with E-state index < -0.39 is 0 Å². The summed E-state index contributed by atoms with van der Waals surface area (Å²) in [6.07, 6.45) is 4.34. The number of amides is 2. The third-order valence-electron chi connectivity index (χ3n) is 6.44. The predicted octanol–water partition coefficient (Wildman–Crippen LogP) is 6.12. The van der Waals surface area contributed by atoms with Crippen LogP contribution < -0.4 is 15.5 Å². The van der Waals surface area contributed by atoms with Gasteiger partial charge in [0.15, 0.2) is 0 Å². The second-order valence-electron chi connectivity index (χ2n) is 8.96. The van der Waals surface area contributed by atoms with Crippen molar-refractivity contribution in [2.45, 2.75) is 45.6 Å². The molecule has 2 N–H and O–H groups in total. The lowest BCUT2D eigenvalue weighted by Gasteiger charge is -2.31. The maximum Gasteiger partial charge on any atom is 0.255 e. The Hall–Kier alpha value is -3.60. The second-order valence-corrected chi connectivity index (χ2v) is 8.96. The molecular weight excluding hydrogens is 422 g/mol. The molecule has 176 valence electrons. The molecule has 3 aromatic carbocycles. The second kappa shape index (κ2) is 11.0. The summed E-state index contributed by atoms with van der Waals surface area (Å²) in [6.45, 7) is 5.95. The zero-order valence-corrected chi connectivity index (χ0v) is 20.0. The minimum absolute atomic E-state index is 0.0862. The standard InChI is InChI=1S/C29H33N3O2/c1-3-21(2)30-29(34)26-20-25(16-17-27(26)32-18-8-5-9-19-32)31-28(33)24-14-12-23(13-15-24)22-10-6-4-7-11-22/h4,6-7,10-17,20-21H,3,5,8-9,18-19H2,1-2H3,(H,30,34)(H,31,33)/t21-/m0/s1. The molecular formula is C29H33N3O2. The molecule has 1 heterocycles. The highest BCUT2D eigenvalue weighted by Gasteiger charge is 2.20. The monoisotopic (exact) mass is 455 g/mol. The topological polar surface area (TPSA) is 61.4 Å². The summed E-state index contributed by atoms with van der Waals surface area (Å²) in [7, 11) is 0. The first-order valence-electron chi connectivity index (χ1n) is 12.2. The van der Waals surface area contributed by atoms with E-state index in [0.29, 0.717) is 16.8 Å². The van der Waals surface area contributed by atoms with Gasteiger partial charge in [-0.3, -0.25) is 9.59 Å². The zero-order chi connectivity index (χ0) is 23.9. The van der Waals surface area contributed by atoms with Gasteiger partial charge in [-0.25, -0.2) is 0 Å². The first-order valence-corrected chi connectivity index (χ1v) is 12.2. The van der Waals surface area contributed by atoms with Crippen LogP contribution in [0.1, 0.15) is 60.2 Å². The quantitative estimate of drug-likeness (QED) is 0.451. The maximum atomic E-state index is 13.1. The fraction of sp³-hybridized carbons (Fsp3) is 0.310. The lowest BCUT2D eigenvalue weighted by Crippen LogP contribution is -2.35. The van der Waals surface area contributed by atoms with E-state index in [1.165, 1.54) is 6.42 Å². The summed E-state index contributed by atoms with van der Waals surface area (Å²) in [5.41, 5.74) is 4.91.